The first-order valence-electron chi connectivity index (χ1n) is 9.90. The summed E-state index contributed by atoms with van der Waals surface area (Å²) in [5.74, 6) is -3.41. The first-order chi connectivity index (χ1) is 16.2. The van der Waals surface area contributed by atoms with E-state index in [1.54, 1.807) is 25.4 Å². The molecular weight excluding hydrogens is 488 g/mol. The molecule has 0 atom stereocenters. The largest absolute Gasteiger partial charge is 0.473 e. The number of anilines is 1. The lowest BCUT2D eigenvalue weighted by atomic mass is 10.0. The molecule has 9 nitrogen and oxygen atoms in total. The molecule has 0 radical (unpaired) electrons. The van der Waals surface area contributed by atoms with Gasteiger partial charge in [0.1, 0.15) is 11.5 Å². The summed E-state index contributed by atoms with van der Waals surface area (Å²) in [4.78, 5) is 25.1. The van der Waals surface area contributed by atoms with Crippen LogP contribution in [0.3, 0.4) is 0 Å². The van der Waals surface area contributed by atoms with Crippen LogP contribution in [-0.4, -0.2) is 54.2 Å². The van der Waals surface area contributed by atoms with Crippen LogP contribution in [0.4, 0.5) is 14.5 Å². The van der Waals surface area contributed by atoms with Gasteiger partial charge in [0.05, 0.1) is 23.2 Å². The Kier molecular flexibility index (Phi) is 6.34. The summed E-state index contributed by atoms with van der Waals surface area (Å²) in [5.41, 5.74) is -0.479. The van der Waals surface area contributed by atoms with Crippen molar-refractivity contribution in [2.45, 2.75) is 6.92 Å². The van der Waals surface area contributed by atoms with Crippen molar-refractivity contribution in [2.24, 2.45) is 0 Å². The zero-order valence-electron chi connectivity index (χ0n) is 18.2. The van der Waals surface area contributed by atoms with Crippen LogP contribution in [0.15, 0.2) is 36.8 Å². The quantitative estimate of drug-likeness (QED) is 0.350. The van der Waals surface area contributed by atoms with Gasteiger partial charge in [0.2, 0.25) is 5.78 Å². The number of thiazole rings is 1. The van der Waals surface area contributed by atoms with Crippen molar-refractivity contribution in [1.82, 2.24) is 19.3 Å². The lowest BCUT2D eigenvalue weighted by Crippen LogP contribution is -2.32. The summed E-state index contributed by atoms with van der Waals surface area (Å²) in [6.45, 7) is 1.72. The minimum atomic E-state index is -4.09. The van der Waals surface area contributed by atoms with Crippen molar-refractivity contribution in [3.8, 4) is 15.6 Å². The Morgan fingerprint density at radius 1 is 1.26 bits per heavy atom. The summed E-state index contributed by atoms with van der Waals surface area (Å²) in [6.07, 6.45) is 4.46. The number of carbonyl (C=O) groups excluding carboxylic acids is 1. The highest BCUT2D eigenvalue weighted by atomic mass is 32.2. The fraction of sp³-hybridized carbons (Fsp3) is 0.190. The van der Waals surface area contributed by atoms with Gasteiger partial charge in [0.25, 0.3) is 5.19 Å². The normalized spacial score (nSPS) is 11.8. The standard InChI is InChI=1S/C21H19F2N5O4S2/c1-4-28(2)34(30,31)27-15-6-5-14(22)17(18(15)23)19(29)13-9-25-20-12(13)7-11(8-24-20)16-10-26-21(32-3)33-16/h5-10,27H,4H2,1-3H3,(H,24,25). The maximum absolute atomic E-state index is 15.2. The van der Waals surface area contributed by atoms with Gasteiger partial charge in [-0.2, -0.15) is 12.7 Å². The van der Waals surface area contributed by atoms with Crippen LogP contribution >= 0.6 is 11.3 Å². The fourth-order valence-corrected chi connectivity index (χ4v) is 4.82. The fourth-order valence-electron chi connectivity index (χ4n) is 3.17. The van der Waals surface area contributed by atoms with Crippen molar-refractivity contribution >= 4 is 44.1 Å². The zero-order valence-corrected chi connectivity index (χ0v) is 19.9. The van der Waals surface area contributed by atoms with E-state index in [4.69, 9.17) is 4.74 Å². The van der Waals surface area contributed by atoms with E-state index in [0.29, 0.717) is 21.8 Å². The van der Waals surface area contributed by atoms with Gasteiger partial charge in [-0.1, -0.05) is 18.3 Å². The first-order valence-corrected chi connectivity index (χ1v) is 12.2. The van der Waals surface area contributed by atoms with Gasteiger partial charge in [-0.25, -0.2) is 18.7 Å². The number of aromatic nitrogens is 3. The minimum Gasteiger partial charge on any atom is -0.473 e. The lowest BCUT2D eigenvalue weighted by Gasteiger charge is -2.17. The van der Waals surface area contributed by atoms with Crippen LogP contribution in [0.25, 0.3) is 21.5 Å². The van der Waals surface area contributed by atoms with Gasteiger partial charge < -0.3 is 9.72 Å². The number of ketones is 1. The van der Waals surface area contributed by atoms with Crippen LogP contribution < -0.4 is 9.46 Å². The molecule has 178 valence electrons. The third-order valence-corrected chi connectivity index (χ3v) is 7.70. The molecule has 0 saturated heterocycles. The Morgan fingerprint density at radius 2 is 2.03 bits per heavy atom. The van der Waals surface area contributed by atoms with Gasteiger partial charge in [-0.3, -0.25) is 9.52 Å². The number of pyridine rings is 1. The second-order valence-electron chi connectivity index (χ2n) is 7.15. The Labute approximate surface area is 197 Å². The van der Waals surface area contributed by atoms with E-state index in [-0.39, 0.29) is 12.1 Å². The number of halogens is 2. The number of hydrogen-bond acceptors (Lipinski definition) is 7. The molecule has 4 rings (SSSR count). The molecule has 4 aromatic rings. The molecule has 0 aliphatic rings. The molecule has 0 fully saturated rings. The van der Waals surface area contributed by atoms with Crippen LogP contribution in [0.2, 0.25) is 0 Å². The van der Waals surface area contributed by atoms with Crippen molar-refractivity contribution in [3.63, 3.8) is 0 Å². The van der Waals surface area contributed by atoms with Crippen LogP contribution in [0.5, 0.6) is 5.19 Å². The van der Waals surface area contributed by atoms with E-state index >= 15 is 4.39 Å². The number of methoxy groups -OCH3 is 1. The molecule has 0 bridgehead atoms. The zero-order chi connectivity index (χ0) is 24.6. The summed E-state index contributed by atoms with van der Waals surface area (Å²) in [6, 6.07) is 3.41. The number of benzene rings is 1. The van der Waals surface area contributed by atoms with Crippen molar-refractivity contribution in [1.29, 1.82) is 0 Å². The number of nitrogens with zero attached hydrogens (tertiary/aromatic N) is 3. The number of fused-ring (bicyclic) bond motifs is 1. The second kappa shape index (κ2) is 9.08. The van der Waals surface area contributed by atoms with E-state index in [2.05, 4.69) is 15.0 Å². The van der Waals surface area contributed by atoms with E-state index in [9.17, 15) is 17.6 Å². The number of ether oxygens (including phenoxy) is 1. The van der Waals surface area contributed by atoms with Crippen molar-refractivity contribution in [2.75, 3.05) is 25.4 Å². The van der Waals surface area contributed by atoms with E-state index in [1.807, 2.05) is 4.72 Å². The first kappa shape index (κ1) is 23.7. The third-order valence-electron chi connectivity index (χ3n) is 5.13. The Balaban J connectivity index is 1.77. The van der Waals surface area contributed by atoms with E-state index < -0.39 is 38.9 Å². The van der Waals surface area contributed by atoms with Gasteiger partial charge in [0, 0.05) is 48.7 Å². The molecule has 2 N–H and O–H groups in total. The molecular formula is C21H19F2N5O4S2. The molecule has 0 aliphatic carbocycles. The van der Waals surface area contributed by atoms with E-state index in [0.717, 1.165) is 21.3 Å². The minimum absolute atomic E-state index is 0.0238. The maximum Gasteiger partial charge on any atom is 0.301 e. The molecule has 13 heteroatoms. The highest BCUT2D eigenvalue weighted by molar-refractivity contribution is 7.90. The molecule has 1 aromatic carbocycles. The topological polar surface area (TPSA) is 117 Å². The van der Waals surface area contributed by atoms with Crippen molar-refractivity contribution in [3.05, 3.63) is 59.6 Å². The number of carbonyl (C=O) groups is 1. The summed E-state index contributed by atoms with van der Waals surface area (Å²) < 4.78 is 62.5. The van der Waals surface area contributed by atoms with Gasteiger partial charge in [-0.05, 0) is 18.2 Å². The molecule has 0 aliphatic heterocycles. The van der Waals surface area contributed by atoms with Crippen LogP contribution in [0.1, 0.15) is 22.8 Å². The van der Waals surface area contributed by atoms with Crippen LogP contribution in [0, 0.1) is 11.6 Å². The maximum atomic E-state index is 15.2. The molecule has 0 spiro atoms. The molecule has 0 amide bonds. The molecule has 3 heterocycles. The van der Waals surface area contributed by atoms with Gasteiger partial charge in [0.15, 0.2) is 5.82 Å². The van der Waals surface area contributed by atoms with Crippen LogP contribution in [-0.2, 0) is 10.2 Å². The van der Waals surface area contributed by atoms with Gasteiger partial charge in [-0.15, -0.1) is 0 Å². The molecule has 3 aromatic heterocycles. The van der Waals surface area contributed by atoms with Gasteiger partial charge >= 0.3 is 10.2 Å². The number of nitrogens with one attached hydrogen (secondary N) is 2. The number of rotatable bonds is 8. The summed E-state index contributed by atoms with van der Waals surface area (Å²) in [7, 11) is -1.30. The summed E-state index contributed by atoms with van der Waals surface area (Å²) in [5, 5.41) is 0.781. The average Bonchev–Trinajstić information content (AvgIpc) is 3.47. The lowest BCUT2D eigenvalue weighted by molar-refractivity contribution is 0.103. The highest BCUT2D eigenvalue weighted by Gasteiger charge is 2.27. The third kappa shape index (κ3) is 4.24. The number of H-pyrrole nitrogens is 1. The summed E-state index contributed by atoms with van der Waals surface area (Å²) >= 11 is 1.27. The number of hydrogen-bond donors (Lipinski definition) is 2. The molecule has 34 heavy (non-hydrogen) atoms. The molecule has 0 unspecified atom stereocenters. The number of aromatic amines is 1. The SMILES string of the molecule is CCN(C)S(=O)(=O)Nc1ccc(F)c(C(=O)c2c[nH]c3ncc(-c4cnc(OC)s4)cc23)c1F. The highest BCUT2D eigenvalue weighted by Crippen LogP contribution is 2.33. The van der Waals surface area contributed by atoms with E-state index in [1.165, 1.54) is 31.7 Å². The average molecular weight is 508 g/mol. The smallest absolute Gasteiger partial charge is 0.301 e. The predicted molar refractivity (Wildman–Crippen MR) is 124 cm³/mol. The second-order valence-corrected chi connectivity index (χ2v) is 9.92. The predicted octanol–water partition coefficient (Wildman–Crippen LogP) is 3.81. The van der Waals surface area contributed by atoms with Crippen molar-refractivity contribution < 1.29 is 26.7 Å². The molecule has 0 saturated carbocycles. The monoisotopic (exact) mass is 507 g/mol. The Bertz CT molecular complexity index is 1500. The Hall–Kier alpha value is -3.42. The Morgan fingerprint density at radius 3 is 2.71 bits per heavy atom.